The third-order valence-corrected chi connectivity index (χ3v) is 2.39. The van der Waals surface area contributed by atoms with Gasteiger partial charge < -0.3 is 14.5 Å². The van der Waals surface area contributed by atoms with Gasteiger partial charge in [0, 0.05) is 12.1 Å². The van der Waals surface area contributed by atoms with Crippen molar-refractivity contribution in [2.24, 2.45) is 0 Å². The van der Waals surface area contributed by atoms with Gasteiger partial charge in [0.1, 0.15) is 5.75 Å². The van der Waals surface area contributed by atoms with Crippen LogP contribution in [0.4, 0.5) is 0 Å². The first-order chi connectivity index (χ1) is 7.75. The molecule has 16 heavy (non-hydrogen) atoms. The maximum atomic E-state index is 11.7. The standard InChI is InChI=1S/C11H8N2O3/c14-7-3-4-9-8(6-7)12-11(15)13(9)10-2-1-5-16-10/h1-6,14H,(H,12,15). The van der Waals surface area contributed by atoms with Crippen molar-refractivity contribution in [2.45, 2.75) is 0 Å². The van der Waals surface area contributed by atoms with Crippen molar-refractivity contribution in [3.8, 4) is 11.6 Å². The van der Waals surface area contributed by atoms with E-state index < -0.39 is 0 Å². The third kappa shape index (κ3) is 1.15. The molecule has 0 fully saturated rings. The highest BCUT2D eigenvalue weighted by Crippen LogP contribution is 2.19. The zero-order valence-corrected chi connectivity index (χ0v) is 8.18. The van der Waals surface area contributed by atoms with E-state index >= 15 is 0 Å². The molecule has 2 N–H and O–H groups in total. The van der Waals surface area contributed by atoms with Gasteiger partial charge in [-0.2, -0.15) is 0 Å². The number of phenols is 1. The van der Waals surface area contributed by atoms with Crippen LogP contribution < -0.4 is 5.69 Å². The zero-order chi connectivity index (χ0) is 11.1. The van der Waals surface area contributed by atoms with Crippen LogP contribution >= 0.6 is 0 Å². The number of aromatic amines is 1. The summed E-state index contributed by atoms with van der Waals surface area (Å²) in [7, 11) is 0. The highest BCUT2D eigenvalue weighted by Gasteiger charge is 2.10. The van der Waals surface area contributed by atoms with Crippen LogP contribution in [0.5, 0.6) is 5.75 Å². The van der Waals surface area contributed by atoms with E-state index in [0.717, 1.165) is 0 Å². The Kier molecular flexibility index (Phi) is 1.67. The molecule has 3 aromatic rings. The van der Waals surface area contributed by atoms with Crippen molar-refractivity contribution < 1.29 is 9.52 Å². The number of rotatable bonds is 1. The Morgan fingerprint density at radius 1 is 1.31 bits per heavy atom. The molecule has 3 rings (SSSR count). The van der Waals surface area contributed by atoms with E-state index in [4.69, 9.17) is 4.42 Å². The number of H-pyrrole nitrogens is 1. The maximum absolute atomic E-state index is 11.7. The fraction of sp³-hybridized carbons (Fsp3) is 0. The second kappa shape index (κ2) is 3.03. The van der Waals surface area contributed by atoms with Crippen LogP contribution in [-0.4, -0.2) is 14.7 Å². The number of nitrogens with zero attached hydrogens (tertiary/aromatic N) is 1. The molecule has 0 atom stereocenters. The lowest BCUT2D eigenvalue weighted by atomic mass is 10.3. The van der Waals surface area contributed by atoms with E-state index in [0.29, 0.717) is 16.9 Å². The molecule has 0 unspecified atom stereocenters. The first kappa shape index (κ1) is 8.84. The average Bonchev–Trinajstić information content (AvgIpc) is 2.83. The summed E-state index contributed by atoms with van der Waals surface area (Å²) in [5, 5.41) is 9.31. The molecule has 5 heteroatoms. The molecule has 80 valence electrons. The number of furan rings is 1. The van der Waals surface area contributed by atoms with Gasteiger partial charge in [-0.25, -0.2) is 9.36 Å². The molecule has 0 radical (unpaired) electrons. The van der Waals surface area contributed by atoms with E-state index in [1.165, 1.54) is 23.0 Å². The van der Waals surface area contributed by atoms with Crippen molar-refractivity contribution in [1.29, 1.82) is 0 Å². The third-order valence-electron chi connectivity index (χ3n) is 2.39. The molecule has 0 saturated carbocycles. The van der Waals surface area contributed by atoms with Crippen LogP contribution in [0.25, 0.3) is 16.9 Å². The monoisotopic (exact) mass is 216 g/mol. The van der Waals surface area contributed by atoms with Crippen molar-refractivity contribution in [3.63, 3.8) is 0 Å². The topological polar surface area (TPSA) is 71.2 Å². The number of hydrogen-bond acceptors (Lipinski definition) is 3. The van der Waals surface area contributed by atoms with Crippen molar-refractivity contribution in [1.82, 2.24) is 9.55 Å². The van der Waals surface area contributed by atoms with Crippen LogP contribution in [0.3, 0.4) is 0 Å². The number of aromatic hydroxyl groups is 1. The van der Waals surface area contributed by atoms with Crippen molar-refractivity contribution in [2.75, 3.05) is 0 Å². The minimum atomic E-state index is -0.296. The summed E-state index contributed by atoms with van der Waals surface area (Å²) >= 11 is 0. The van der Waals surface area contributed by atoms with Gasteiger partial charge in [0.05, 0.1) is 17.3 Å². The van der Waals surface area contributed by atoms with Crippen LogP contribution in [0, 0.1) is 0 Å². The fourth-order valence-corrected chi connectivity index (χ4v) is 1.72. The zero-order valence-electron chi connectivity index (χ0n) is 8.18. The van der Waals surface area contributed by atoms with Gasteiger partial charge in [-0.05, 0) is 18.2 Å². The maximum Gasteiger partial charge on any atom is 0.333 e. The highest BCUT2D eigenvalue weighted by atomic mass is 16.3. The lowest BCUT2D eigenvalue weighted by Gasteiger charge is -1.97. The minimum Gasteiger partial charge on any atom is -0.508 e. The molecule has 0 amide bonds. The molecule has 0 bridgehead atoms. The fourth-order valence-electron chi connectivity index (χ4n) is 1.72. The quantitative estimate of drug-likeness (QED) is 0.649. The van der Waals surface area contributed by atoms with E-state index in [9.17, 15) is 9.90 Å². The smallest absolute Gasteiger partial charge is 0.333 e. The summed E-state index contributed by atoms with van der Waals surface area (Å²) in [6, 6.07) is 8.08. The highest BCUT2D eigenvalue weighted by molar-refractivity contribution is 5.78. The molecule has 5 nitrogen and oxygen atoms in total. The summed E-state index contributed by atoms with van der Waals surface area (Å²) < 4.78 is 6.59. The van der Waals surface area contributed by atoms with Crippen LogP contribution in [0.15, 0.2) is 45.8 Å². The summed E-state index contributed by atoms with van der Waals surface area (Å²) in [5.41, 5.74) is 0.940. The molecular formula is C11H8N2O3. The molecule has 1 aromatic carbocycles. The summed E-state index contributed by atoms with van der Waals surface area (Å²) in [6.07, 6.45) is 1.50. The number of aromatic nitrogens is 2. The van der Waals surface area contributed by atoms with Gasteiger partial charge in [0.2, 0.25) is 5.88 Å². The van der Waals surface area contributed by atoms with E-state index in [-0.39, 0.29) is 11.4 Å². The Labute approximate surface area is 89.6 Å². The van der Waals surface area contributed by atoms with E-state index in [2.05, 4.69) is 4.98 Å². The van der Waals surface area contributed by atoms with Gasteiger partial charge in [-0.15, -0.1) is 0 Å². The average molecular weight is 216 g/mol. The predicted molar refractivity (Wildman–Crippen MR) is 57.8 cm³/mol. The van der Waals surface area contributed by atoms with Crippen molar-refractivity contribution in [3.05, 3.63) is 47.1 Å². The van der Waals surface area contributed by atoms with Gasteiger partial charge in [0.25, 0.3) is 0 Å². The molecule has 0 saturated heterocycles. The second-order valence-electron chi connectivity index (χ2n) is 3.42. The van der Waals surface area contributed by atoms with Crippen LogP contribution in [0.1, 0.15) is 0 Å². The Morgan fingerprint density at radius 3 is 2.94 bits per heavy atom. The van der Waals surface area contributed by atoms with Gasteiger partial charge in [0.15, 0.2) is 0 Å². The summed E-state index contributed by atoms with van der Waals surface area (Å²) in [4.78, 5) is 14.4. The summed E-state index contributed by atoms with van der Waals surface area (Å²) in [6.45, 7) is 0. The molecule has 0 aliphatic rings. The Morgan fingerprint density at radius 2 is 2.19 bits per heavy atom. The lowest BCUT2D eigenvalue weighted by molar-refractivity contribution is 0.476. The van der Waals surface area contributed by atoms with Gasteiger partial charge >= 0.3 is 5.69 Å². The Hall–Kier alpha value is -2.43. The number of fused-ring (bicyclic) bond motifs is 1. The Bertz CT molecular complexity index is 692. The van der Waals surface area contributed by atoms with Crippen LogP contribution in [-0.2, 0) is 0 Å². The lowest BCUT2D eigenvalue weighted by Crippen LogP contribution is -2.13. The van der Waals surface area contributed by atoms with Crippen molar-refractivity contribution >= 4 is 11.0 Å². The normalized spacial score (nSPS) is 11.0. The molecule has 2 heterocycles. The van der Waals surface area contributed by atoms with Gasteiger partial charge in [-0.3, -0.25) is 0 Å². The predicted octanol–water partition coefficient (Wildman–Crippen LogP) is 1.62. The molecule has 0 spiro atoms. The largest absolute Gasteiger partial charge is 0.508 e. The van der Waals surface area contributed by atoms with Crippen LogP contribution in [0.2, 0.25) is 0 Å². The van der Waals surface area contributed by atoms with Gasteiger partial charge in [-0.1, -0.05) is 0 Å². The molecular weight excluding hydrogens is 208 g/mol. The number of phenolic OH excluding ortho intramolecular Hbond substituents is 1. The minimum absolute atomic E-state index is 0.111. The number of imidazole rings is 1. The SMILES string of the molecule is O=c1[nH]c2cc(O)ccc2n1-c1ccco1. The molecule has 0 aliphatic carbocycles. The number of benzene rings is 1. The van der Waals surface area contributed by atoms with E-state index in [1.54, 1.807) is 18.2 Å². The first-order valence-corrected chi connectivity index (χ1v) is 4.73. The molecule has 2 aromatic heterocycles. The Balaban J connectivity index is 2.41. The number of hydrogen-bond donors (Lipinski definition) is 2. The summed E-state index contributed by atoms with van der Waals surface area (Å²) in [5.74, 6) is 0.558. The first-order valence-electron chi connectivity index (χ1n) is 4.73. The number of nitrogens with one attached hydrogen (secondary N) is 1. The second-order valence-corrected chi connectivity index (χ2v) is 3.42. The molecule has 0 aliphatic heterocycles. The van der Waals surface area contributed by atoms with E-state index in [1.807, 2.05) is 0 Å².